The second-order valence-corrected chi connectivity index (χ2v) is 9.50. The minimum atomic E-state index is -1.48. The number of likely N-dealkylation sites (tertiary alicyclic amines) is 1. The second-order valence-electron chi connectivity index (χ2n) is 8.64. The number of aliphatic hydroxyl groups is 2. The Kier molecular flexibility index (Phi) is 5.19. The molecule has 1 amide bonds. The zero-order valence-electron chi connectivity index (χ0n) is 17.8. The molecule has 8 nitrogen and oxygen atoms in total. The normalized spacial score (nSPS) is 22.1. The van der Waals surface area contributed by atoms with E-state index in [1.807, 2.05) is 29.6 Å². The summed E-state index contributed by atoms with van der Waals surface area (Å²) in [6, 6.07) is 9.20. The fourth-order valence-corrected chi connectivity index (χ4v) is 5.09. The van der Waals surface area contributed by atoms with Crippen molar-refractivity contribution in [2.24, 2.45) is 0 Å². The van der Waals surface area contributed by atoms with Crippen LogP contribution in [0.1, 0.15) is 31.2 Å². The van der Waals surface area contributed by atoms with Crippen molar-refractivity contribution in [2.75, 3.05) is 25.5 Å². The van der Waals surface area contributed by atoms with Gasteiger partial charge in [-0.1, -0.05) is 18.2 Å². The number of benzene rings is 1. The van der Waals surface area contributed by atoms with E-state index in [0.29, 0.717) is 30.2 Å². The van der Waals surface area contributed by atoms with Gasteiger partial charge in [0.25, 0.3) is 5.91 Å². The molecule has 2 aromatic heterocycles. The van der Waals surface area contributed by atoms with Crippen molar-refractivity contribution < 1.29 is 15.0 Å². The van der Waals surface area contributed by atoms with Gasteiger partial charge < -0.3 is 20.4 Å². The van der Waals surface area contributed by atoms with Crippen LogP contribution in [0.3, 0.4) is 0 Å². The summed E-state index contributed by atoms with van der Waals surface area (Å²) in [4.78, 5) is 27.7. The first-order valence-electron chi connectivity index (χ1n) is 10.7. The van der Waals surface area contributed by atoms with Crippen molar-refractivity contribution in [1.29, 1.82) is 0 Å². The predicted molar refractivity (Wildman–Crippen MR) is 122 cm³/mol. The lowest BCUT2D eigenvalue weighted by molar-refractivity contribution is -0.143. The van der Waals surface area contributed by atoms with Crippen LogP contribution in [0.2, 0.25) is 0 Å². The highest BCUT2D eigenvalue weighted by Crippen LogP contribution is 2.37. The molecule has 1 unspecified atom stereocenters. The number of hydrogen-bond donors (Lipinski definition) is 3. The molecule has 5 rings (SSSR count). The lowest BCUT2D eigenvalue weighted by Gasteiger charge is -2.40. The molecular formula is C23H25N5O3S. The average molecular weight is 452 g/mol. The molecule has 32 heavy (non-hydrogen) atoms. The van der Waals surface area contributed by atoms with Gasteiger partial charge >= 0.3 is 0 Å². The van der Waals surface area contributed by atoms with Crippen molar-refractivity contribution in [2.45, 2.75) is 36.8 Å². The lowest BCUT2D eigenvalue weighted by Crippen LogP contribution is -2.48. The highest BCUT2D eigenvalue weighted by molar-refractivity contribution is 7.13. The first kappa shape index (κ1) is 21.0. The maximum absolute atomic E-state index is 12.5. The number of amides is 1. The number of hydrogen-bond acceptors (Lipinski definition) is 8. The molecule has 1 aromatic carbocycles. The van der Waals surface area contributed by atoms with E-state index in [0.717, 1.165) is 35.5 Å². The Labute approximate surface area is 190 Å². The average Bonchev–Trinajstić information content (AvgIpc) is 3.39. The number of anilines is 1. The molecule has 0 spiro atoms. The van der Waals surface area contributed by atoms with Gasteiger partial charge in [-0.15, -0.1) is 11.3 Å². The molecule has 1 saturated carbocycles. The van der Waals surface area contributed by atoms with Gasteiger partial charge in [0.2, 0.25) is 5.95 Å². The number of nitrogens with one attached hydrogen (secondary N) is 1. The molecule has 3 N–H and O–H groups in total. The fraction of sp³-hybridized carbons (Fsp3) is 0.391. The van der Waals surface area contributed by atoms with Gasteiger partial charge in [-0.25, -0.2) is 15.0 Å². The Morgan fingerprint density at radius 2 is 2.03 bits per heavy atom. The van der Waals surface area contributed by atoms with E-state index in [-0.39, 0.29) is 18.1 Å². The Bertz CT molecular complexity index is 1160. The predicted octanol–water partition coefficient (Wildman–Crippen LogP) is 2.64. The molecule has 0 bridgehead atoms. The van der Waals surface area contributed by atoms with Crippen molar-refractivity contribution in [3.63, 3.8) is 0 Å². The van der Waals surface area contributed by atoms with Gasteiger partial charge in [0.15, 0.2) is 5.60 Å². The summed E-state index contributed by atoms with van der Waals surface area (Å²) in [5, 5.41) is 26.7. The Balaban J connectivity index is 1.40. The van der Waals surface area contributed by atoms with Gasteiger partial charge in [-0.05, 0) is 37.0 Å². The first-order valence-corrected chi connectivity index (χ1v) is 11.6. The Morgan fingerprint density at radius 1 is 1.19 bits per heavy atom. The third-order valence-corrected chi connectivity index (χ3v) is 7.40. The van der Waals surface area contributed by atoms with E-state index >= 15 is 0 Å². The minimum absolute atomic E-state index is 0.0580. The highest BCUT2D eigenvalue weighted by Gasteiger charge is 2.45. The van der Waals surface area contributed by atoms with Gasteiger partial charge in [-0.3, -0.25) is 4.79 Å². The lowest BCUT2D eigenvalue weighted by atomic mass is 9.77. The molecular weight excluding hydrogens is 426 g/mol. The molecule has 166 valence electrons. The monoisotopic (exact) mass is 451 g/mol. The van der Waals surface area contributed by atoms with Crippen LogP contribution in [0.15, 0.2) is 41.9 Å². The number of nitrogens with zero attached hydrogens (tertiary/aromatic N) is 4. The van der Waals surface area contributed by atoms with Crippen molar-refractivity contribution >= 4 is 23.2 Å². The molecule has 0 radical (unpaired) electrons. The summed E-state index contributed by atoms with van der Waals surface area (Å²) in [6.45, 7) is 0.588. The third-order valence-electron chi connectivity index (χ3n) is 6.51. The number of aromatic nitrogens is 3. The van der Waals surface area contributed by atoms with Crippen molar-refractivity contribution in [1.82, 2.24) is 19.9 Å². The summed E-state index contributed by atoms with van der Waals surface area (Å²) in [5.74, 6) is 0.210. The largest absolute Gasteiger partial charge is 0.394 e. The van der Waals surface area contributed by atoms with E-state index in [2.05, 4.69) is 15.3 Å². The smallest absolute Gasteiger partial charge is 0.258 e. The van der Waals surface area contributed by atoms with Crippen molar-refractivity contribution in [3.8, 4) is 22.0 Å². The third kappa shape index (κ3) is 3.56. The van der Waals surface area contributed by atoms with Gasteiger partial charge in [-0.2, -0.15) is 0 Å². The van der Waals surface area contributed by atoms with E-state index < -0.39 is 5.60 Å². The zero-order chi connectivity index (χ0) is 22.3. The van der Waals surface area contributed by atoms with Crippen LogP contribution >= 0.6 is 11.3 Å². The van der Waals surface area contributed by atoms with Crippen LogP contribution in [0.4, 0.5) is 5.95 Å². The number of carbonyl (C=O) groups excluding carboxylic acids is 1. The number of likely N-dealkylation sites (N-methyl/N-ethyl adjacent to an activating group) is 1. The SMILES string of the molecule is CN1CCC(O)(c2cccc(-c3nc(-c4ccnc(NC5(CO)CCC5)n4)cs3)c2)C1=O. The Morgan fingerprint density at radius 3 is 2.72 bits per heavy atom. The topological polar surface area (TPSA) is 111 Å². The summed E-state index contributed by atoms with van der Waals surface area (Å²) < 4.78 is 0. The number of aliphatic hydroxyl groups excluding tert-OH is 1. The molecule has 1 aliphatic carbocycles. The molecule has 2 fully saturated rings. The molecule has 2 aliphatic rings. The number of rotatable bonds is 6. The molecule has 1 aliphatic heterocycles. The molecule has 1 saturated heterocycles. The van der Waals surface area contributed by atoms with Crippen LogP contribution in [0.5, 0.6) is 0 Å². The van der Waals surface area contributed by atoms with Crippen LogP contribution in [-0.2, 0) is 10.4 Å². The highest BCUT2D eigenvalue weighted by atomic mass is 32.1. The maximum Gasteiger partial charge on any atom is 0.258 e. The summed E-state index contributed by atoms with van der Waals surface area (Å²) in [6.07, 6.45) is 4.95. The molecule has 9 heteroatoms. The molecule has 3 heterocycles. The van der Waals surface area contributed by atoms with Crippen LogP contribution in [-0.4, -0.2) is 61.7 Å². The first-order chi connectivity index (χ1) is 15.4. The standard InChI is InChI=1S/C23H25N5O3S/c1-28-11-9-23(31,20(28)30)16-5-2-4-15(12-16)19-25-18(13-32-19)17-6-10-24-21(26-17)27-22(14-29)7-3-8-22/h2,4-6,10,12-13,29,31H,3,7-9,11,14H2,1H3,(H,24,26,27). The van der Waals surface area contributed by atoms with Crippen molar-refractivity contribution in [3.05, 3.63) is 47.5 Å². The quantitative estimate of drug-likeness (QED) is 0.528. The fourth-order valence-electron chi connectivity index (χ4n) is 4.28. The maximum atomic E-state index is 12.5. The summed E-state index contributed by atoms with van der Waals surface area (Å²) in [5.41, 5.74) is 1.04. The Hall–Kier alpha value is -2.88. The van der Waals surface area contributed by atoms with Gasteiger partial charge in [0, 0.05) is 37.2 Å². The number of thiazole rings is 1. The van der Waals surface area contributed by atoms with E-state index in [4.69, 9.17) is 4.98 Å². The molecule has 3 aromatic rings. The summed E-state index contributed by atoms with van der Waals surface area (Å²) >= 11 is 1.48. The van der Waals surface area contributed by atoms with Crippen LogP contribution < -0.4 is 5.32 Å². The minimum Gasteiger partial charge on any atom is -0.394 e. The second kappa shape index (κ2) is 7.91. The molecule has 1 atom stereocenters. The van der Waals surface area contributed by atoms with Crippen LogP contribution in [0, 0.1) is 0 Å². The summed E-state index contributed by atoms with van der Waals surface area (Å²) in [7, 11) is 1.70. The number of carbonyl (C=O) groups is 1. The van der Waals surface area contributed by atoms with E-state index in [1.54, 1.807) is 24.2 Å². The van der Waals surface area contributed by atoms with E-state index in [1.165, 1.54) is 11.3 Å². The zero-order valence-corrected chi connectivity index (χ0v) is 18.6. The van der Waals surface area contributed by atoms with E-state index in [9.17, 15) is 15.0 Å². The van der Waals surface area contributed by atoms with Crippen LogP contribution in [0.25, 0.3) is 22.0 Å². The van der Waals surface area contributed by atoms with Gasteiger partial charge in [0.1, 0.15) is 10.7 Å². The van der Waals surface area contributed by atoms with Gasteiger partial charge in [0.05, 0.1) is 17.8 Å².